The number of aromatic carboxylic acids is 1. The molecule has 19 heteroatoms. The number of carbonyl (C=O) groups is 2. The molecule has 4 aromatic heterocycles. The molecule has 4 aromatic carbocycles. The first-order valence-electron chi connectivity index (χ1n) is 22.9. The number of nitrogens with one attached hydrogen (secondary N) is 1. The van der Waals surface area contributed by atoms with Crippen LogP contribution in [0.2, 0.25) is 0 Å². The van der Waals surface area contributed by atoms with Gasteiger partial charge in [-0.15, -0.1) is 22.7 Å². The van der Waals surface area contributed by atoms with Crippen molar-refractivity contribution in [3.05, 3.63) is 141 Å². The monoisotopic (exact) mass is 998 g/mol. The van der Waals surface area contributed by atoms with E-state index in [-0.39, 0.29) is 22.3 Å². The summed E-state index contributed by atoms with van der Waals surface area (Å²) in [5.74, 6) is 1.36. The number of hydrogen-bond donors (Lipinski definition) is 3. The Morgan fingerprint density at radius 3 is 1.52 bits per heavy atom. The largest absolute Gasteiger partial charge is 0.497 e. The summed E-state index contributed by atoms with van der Waals surface area (Å²) in [7, 11) is 3.03. The van der Waals surface area contributed by atoms with E-state index in [0.29, 0.717) is 77.9 Å². The molecule has 0 aliphatic carbocycles. The van der Waals surface area contributed by atoms with Crippen LogP contribution in [-0.4, -0.2) is 101 Å². The molecule has 0 spiro atoms. The molecule has 368 valence electrons. The standard InChI is InChI=1S/C26H26N4O4S.C15H18N2OS.C11H10N2O4/c1-17-28-23(30-34-17)19-12-20(14-21(13-19)32-2)24(31)27-16-26(8-10-33-11-9-26)25-29-22(15-35-25)18-6-4-3-5-7-18;16-11-15(6-8-18-9-7-15)14-17-13(10-19-14)12-4-2-1-3-5-12;1-6-12-10(13-17-6)7-3-8(11(14)15)5-9(4-7)16-2/h3-7,12-15H,8-11,16H2,1-2H3,(H,27,31);1-5,10H,6-9,11,16H2;3-5H,1-2H3,(H,14,15). The van der Waals surface area contributed by atoms with Gasteiger partial charge in [0.25, 0.3) is 5.91 Å². The second-order valence-electron chi connectivity index (χ2n) is 17.0. The summed E-state index contributed by atoms with van der Waals surface area (Å²) >= 11 is 3.37. The number of ether oxygens (including phenoxy) is 4. The number of methoxy groups -OCH3 is 2. The maximum Gasteiger partial charge on any atom is 0.335 e. The lowest BCUT2D eigenvalue weighted by molar-refractivity contribution is 0.0486. The molecule has 2 aliphatic rings. The number of thiazole rings is 2. The van der Waals surface area contributed by atoms with Crippen LogP contribution in [0.15, 0.2) is 117 Å². The van der Waals surface area contributed by atoms with E-state index < -0.39 is 5.97 Å². The fourth-order valence-corrected chi connectivity index (χ4v) is 10.3. The molecule has 8 aromatic rings. The number of carboxylic acids is 1. The summed E-state index contributed by atoms with van der Waals surface area (Å²) in [4.78, 5) is 42.3. The van der Waals surface area contributed by atoms with E-state index in [1.807, 2.05) is 36.4 Å². The average Bonchev–Trinajstić information content (AvgIpc) is 4.28. The minimum absolute atomic E-state index is 0.0238. The third-order valence-corrected chi connectivity index (χ3v) is 14.5. The number of carboxylic acid groups (broad SMARTS) is 1. The van der Waals surface area contributed by atoms with Gasteiger partial charge in [-0.2, -0.15) is 9.97 Å². The second-order valence-corrected chi connectivity index (χ2v) is 18.7. The molecule has 1 amide bonds. The van der Waals surface area contributed by atoms with Gasteiger partial charge in [0, 0.05) is 103 Å². The van der Waals surface area contributed by atoms with E-state index in [9.17, 15) is 9.59 Å². The highest BCUT2D eigenvalue weighted by atomic mass is 32.1. The highest BCUT2D eigenvalue weighted by Gasteiger charge is 2.38. The molecule has 4 N–H and O–H groups in total. The van der Waals surface area contributed by atoms with Crippen molar-refractivity contribution < 1.29 is 42.7 Å². The maximum absolute atomic E-state index is 13.3. The van der Waals surface area contributed by atoms with Crippen LogP contribution < -0.4 is 20.5 Å². The van der Waals surface area contributed by atoms with E-state index >= 15 is 0 Å². The molecule has 0 bridgehead atoms. The van der Waals surface area contributed by atoms with Crippen molar-refractivity contribution in [2.75, 3.05) is 53.7 Å². The summed E-state index contributed by atoms with van der Waals surface area (Å²) in [6.07, 6.45) is 3.54. The summed E-state index contributed by atoms with van der Waals surface area (Å²) < 4.78 is 31.5. The van der Waals surface area contributed by atoms with Gasteiger partial charge < -0.3 is 44.2 Å². The SMILES string of the molecule is COc1cc(C(=O)NCC2(c3nc(-c4ccccc4)cs3)CCOCC2)cc(-c2noc(C)n2)c1.COc1cc(C(=O)O)cc(-c2noc(C)n2)c1.NCC1(c2nc(-c3ccccc3)cs2)CCOCC1. The van der Waals surface area contributed by atoms with E-state index in [1.165, 1.54) is 24.8 Å². The lowest BCUT2D eigenvalue weighted by Crippen LogP contribution is -2.44. The molecule has 2 aliphatic heterocycles. The Morgan fingerprint density at radius 2 is 1.08 bits per heavy atom. The quantitative estimate of drug-likeness (QED) is 0.0976. The third-order valence-electron chi connectivity index (χ3n) is 12.3. The lowest BCUT2D eigenvalue weighted by atomic mass is 9.80. The van der Waals surface area contributed by atoms with Crippen molar-refractivity contribution in [2.45, 2.75) is 50.4 Å². The van der Waals surface area contributed by atoms with Crippen LogP contribution >= 0.6 is 22.7 Å². The topological polar surface area (TPSA) is 233 Å². The molecule has 71 heavy (non-hydrogen) atoms. The molecule has 17 nitrogen and oxygen atoms in total. The Bertz CT molecular complexity index is 3020. The Hall–Kier alpha value is -7.16. The highest BCUT2D eigenvalue weighted by molar-refractivity contribution is 7.10. The van der Waals surface area contributed by atoms with Gasteiger partial charge in [0.05, 0.1) is 31.2 Å². The molecule has 10 rings (SSSR count). The van der Waals surface area contributed by atoms with Crippen molar-refractivity contribution >= 4 is 34.6 Å². The Kier molecular flexibility index (Phi) is 16.4. The first-order valence-corrected chi connectivity index (χ1v) is 24.7. The number of carbonyl (C=O) groups excluding carboxylic acids is 1. The molecule has 0 radical (unpaired) electrons. The van der Waals surface area contributed by atoms with Gasteiger partial charge >= 0.3 is 5.97 Å². The summed E-state index contributed by atoms with van der Waals surface area (Å²) in [5, 5.41) is 26.2. The van der Waals surface area contributed by atoms with Crippen LogP contribution in [0, 0.1) is 13.8 Å². The second kappa shape index (κ2) is 23.2. The first-order chi connectivity index (χ1) is 34.5. The van der Waals surface area contributed by atoms with Crippen molar-refractivity contribution in [3.8, 4) is 56.8 Å². The van der Waals surface area contributed by atoms with Gasteiger partial charge in [-0.1, -0.05) is 71.0 Å². The maximum atomic E-state index is 13.3. The van der Waals surface area contributed by atoms with Crippen LogP contribution in [-0.2, 0) is 20.3 Å². The van der Waals surface area contributed by atoms with Crippen molar-refractivity contribution in [1.82, 2.24) is 35.6 Å². The van der Waals surface area contributed by atoms with Gasteiger partial charge in [-0.3, -0.25) is 4.79 Å². The number of hydrogen-bond acceptors (Lipinski definition) is 17. The molecule has 2 saturated heterocycles. The van der Waals surface area contributed by atoms with Crippen LogP contribution in [0.3, 0.4) is 0 Å². The van der Waals surface area contributed by atoms with Crippen molar-refractivity contribution in [1.29, 1.82) is 0 Å². The zero-order valence-electron chi connectivity index (χ0n) is 39.8. The van der Waals surface area contributed by atoms with Crippen LogP contribution in [0.25, 0.3) is 45.3 Å². The van der Waals surface area contributed by atoms with Crippen LogP contribution in [0.1, 0.15) is 68.2 Å². The number of aryl methyl sites for hydroxylation is 2. The minimum Gasteiger partial charge on any atom is -0.497 e. The molecule has 0 atom stereocenters. The predicted octanol–water partition coefficient (Wildman–Crippen LogP) is 9.22. The number of amides is 1. The molecular weight excluding hydrogens is 945 g/mol. The summed E-state index contributed by atoms with van der Waals surface area (Å²) in [6, 6.07) is 30.2. The molecule has 0 unspecified atom stereocenters. The lowest BCUT2D eigenvalue weighted by Gasteiger charge is -2.35. The molecule has 2 fully saturated rings. The Balaban J connectivity index is 0.000000158. The average molecular weight is 999 g/mol. The van der Waals surface area contributed by atoms with Gasteiger partial charge in [-0.05, 0) is 62.1 Å². The smallest absolute Gasteiger partial charge is 0.335 e. The van der Waals surface area contributed by atoms with Crippen LogP contribution in [0.5, 0.6) is 11.5 Å². The fraction of sp³-hybridized carbons (Fsp3) is 0.308. The number of aromatic nitrogens is 6. The summed E-state index contributed by atoms with van der Waals surface area (Å²) in [6.45, 7) is 7.35. The Labute approximate surface area is 418 Å². The van der Waals surface area contributed by atoms with E-state index in [0.717, 1.165) is 65.9 Å². The fourth-order valence-electron chi connectivity index (χ4n) is 8.14. The first kappa shape index (κ1) is 50.2. The van der Waals surface area contributed by atoms with E-state index in [4.69, 9.17) is 48.8 Å². The van der Waals surface area contributed by atoms with Crippen molar-refractivity contribution in [2.24, 2.45) is 5.73 Å². The zero-order chi connectivity index (χ0) is 49.8. The Morgan fingerprint density at radius 1 is 0.634 bits per heavy atom. The van der Waals surface area contributed by atoms with E-state index in [1.54, 1.807) is 67.9 Å². The number of nitrogens with two attached hydrogens (primary N) is 1. The number of benzene rings is 4. The predicted molar refractivity (Wildman–Crippen MR) is 269 cm³/mol. The van der Waals surface area contributed by atoms with Crippen LogP contribution in [0.4, 0.5) is 0 Å². The molecule has 0 saturated carbocycles. The van der Waals surface area contributed by atoms with Gasteiger partial charge in [0.2, 0.25) is 23.4 Å². The normalized spacial score (nSPS) is 14.8. The number of nitrogens with zero attached hydrogens (tertiary/aromatic N) is 6. The van der Waals surface area contributed by atoms with Gasteiger partial charge in [0.1, 0.15) is 21.5 Å². The van der Waals surface area contributed by atoms with E-state index in [2.05, 4.69) is 60.6 Å². The highest BCUT2D eigenvalue weighted by Crippen LogP contribution is 2.39. The molecule has 6 heterocycles. The third kappa shape index (κ3) is 12.2. The van der Waals surface area contributed by atoms with Crippen molar-refractivity contribution in [3.63, 3.8) is 0 Å². The zero-order valence-corrected chi connectivity index (χ0v) is 41.4. The number of rotatable bonds is 13. The molecular formula is C52H54N8O9S2. The van der Waals surface area contributed by atoms with Gasteiger partial charge in [-0.25, -0.2) is 14.8 Å². The minimum atomic E-state index is -1.04. The summed E-state index contributed by atoms with van der Waals surface area (Å²) in [5.41, 5.74) is 11.8. The van der Waals surface area contributed by atoms with Gasteiger partial charge in [0.15, 0.2) is 0 Å².